The topological polar surface area (TPSA) is 65.4 Å². The second-order valence-electron chi connectivity index (χ2n) is 4.69. The lowest BCUT2D eigenvalue weighted by molar-refractivity contribution is -0.122. The van der Waals surface area contributed by atoms with Crippen molar-refractivity contribution in [1.82, 2.24) is 15.1 Å². The molecule has 2 rings (SSSR count). The van der Waals surface area contributed by atoms with Crippen LogP contribution in [0.4, 0.5) is 13.2 Å². The lowest BCUT2D eigenvalue weighted by atomic mass is 10.1. The molecule has 0 saturated heterocycles. The van der Waals surface area contributed by atoms with Gasteiger partial charge in [0, 0.05) is 19.7 Å². The Labute approximate surface area is 150 Å². The minimum atomic E-state index is -3.12. The van der Waals surface area contributed by atoms with Crippen molar-refractivity contribution in [3.63, 3.8) is 0 Å². The molecular formula is C14H12Cl2F3N3O3. The van der Waals surface area contributed by atoms with E-state index in [2.05, 4.69) is 15.2 Å². The maximum Gasteiger partial charge on any atom is 0.388 e. The summed E-state index contributed by atoms with van der Waals surface area (Å²) < 4.78 is 49.5. The molecule has 1 amide bonds. The number of benzene rings is 1. The Hall–Kier alpha value is -2.13. The van der Waals surface area contributed by atoms with Crippen LogP contribution < -0.4 is 14.8 Å². The van der Waals surface area contributed by atoms with Gasteiger partial charge >= 0.3 is 6.61 Å². The van der Waals surface area contributed by atoms with Gasteiger partial charge in [0.1, 0.15) is 22.3 Å². The highest BCUT2D eigenvalue weighted by Gasteiger charge is 2.23. The van der Waals surface area contributed by atoms with Crippen LogP contribution in [0.1, 0.15) is 0 Å². The predicted molar refractivity (Wildman–Crippen MR) is 84.8 cm³/mol. The molecule has 1 aromatic carbocycles. The normalized spacial score (nSPS) is 10.9. The van der Waals surface area contributed by atoms with Gasteiger partial charge in [-0.15, -0.1) is 0 Å². The number of carbonyl (C=O) groups is 1. The number of halogens is 5. The van der Waals surface area contributed by atoms with Gasteiger partial charge in [0.2, 0.25) is 5.88 Å². The molecule has 6 nitrogen and oxygen atoms in total. The fourth-order valence-corrected chi connectivity index (χ4v) is 2.42. The van der Waals surface area contributed by atoms with Crippen molar-refractivity contribution in [1.29, 1.82) is 0 Å². The number of nitrogens with one attached hydrogen (secondary N) is 1. The van der Waals surface area contributed by atoms with Crippen molar-refractivity contribution < 1.29 is 27.4 Å². The number of aromatic nitrogens is 2. The number of hydrogen-bond donors (Lipinski definition) is 1. The van der Waals surface area contributed by atoms with Gasteiger partial charge in [-0.3, -0.25) is 4.79 Å². The first-order valence-electron chi connectivity index (χ1n) is 6.74. The van der Waals surface area contributed by atoms with Crippen LogP contribution in [-0.2, 0) is 11.8 Å². The van der Waals surface area contributed by atoms with Crippen LogP contribution in [0.3, 0.4) is 0 Å². The Balaban J connectivity index is 2.44. The van der Waals surface area contributed by atoms with Gasteiger partial charge in [-0.1, -0.05) is 23.2 Å². The Bertz CT molecular complexity index is 799. The summed E-state index contributed by atoms with van der Waals surface area (Å²) in [6.07, 6.45) is 0. The first kappa shape index (κ1) is 19.2. The van der Waals surface area contributed by atoms with Crippen molar-refractivity contribution in [3.8, 4) is 22.9 Å². The second kappa shape index (κ2) is 7.83. The van der Waals surface area contributed by atoms with Gasteiger partial charge in [0.25, 0.3) is 5.91 Å². The molecule has 136 valence electrons. The molecule has 0 atom stereocenters. The number of nitrogens with zero attached hydrogens (tertiary/aromatic N) is 2. The van der Waals surface area contributed by atoms with Gasteiger partial charge in [-0.05, 0) is 12.1 Å². The Kier molecular flexibility index (Phi) is 6.02. The summed E-state index contributed by atoms with van der Waals surface area (Å²) in [5, 5.41) is 5.84. The third-order valence-electron chi connectivity index (χ3n) is 3.05. The summed E-state index contributed by atoms with van der Waals surface area (Å²) in [7, 11) is 2.73. The highest BCUT2D eigenvalue weighted by atomic mass is 35.5. The molecule has 11 heteroatoms. The summed E-state index contributed by atoms with van der Waals surface area (Å²) in [4.78, 5) is 11.2. The predicted octanol–water partition coefficient (Wildman–Crippen LogP) is 3.26. The summed E-state index contributed by atoms with van der Waals surface area (Å²) in [6.45, 7) is -3.47. The lowest BCUT2D eigenvalue weighted by Crippen LogP contribution is -2.24. The molecule has 0 aliphatic rings. The molecule has 0 aliphatic carbocycles. The number of carbonyl (C=O) groups excluding carboxylic acids is 1. The van der Waals surface area contributed by atoms with Crippen molar-refractivity contribution in [3.05, 3.63) is 28.0 Å². The van der Waals surface area contributed by atoms with Gasteiger partial charge in [0.15, 0.2) is 6.61 Å². The van der Waals surface area contributed by atoms with E-state index in [0.29, 0.717) is 0 Å². The zero-order valence-corrected chi connectivity index (χ0v) is 14.5. The number of amides is 1. The molecule has 0 spiro atoms. The van der Waals surface area contributed by atoms with Crippen LogP contribution in [-0.4, -0.2) is 36.0 Å². The second-order valence-corrected chi connectivity index (χ2v) is 5.48. The number of hydrogen-bond acceptors (Lipinski definition) is 4. The third kappa shape index (κ3) is 4.29. The van der Waals surface area contributed by atoms with E-state index in [9.17, 15) is 18.0 Å². The number of ether oxygens (including phenoxy) is 2. The fraction of sp³-hybridized carbons (Fsp3) is 0.286. The zero-order valence-electron chi connectivity index (χ0n) is 12.9. The van der Waals surface area contributed by atoms with E-state index in [-0.39, 0.29) is 33.7 Å². The molecule has 1 aromatic heterocycles. The van der Waals surface area contributed by atoms with Crippen molar-refractivity contribution in [2.75, 3.05) is 13.7 Å². The number of rotatable bonds is 6. The summed E-state index contributed by atoms with van der Waals surface area (Å²) in [6, 6.07) is 2.11. The maximum atomic E-state index is 14.2. The Morgan fingerprint density at radius 2 is 2.08 bits per heavy atom. The molecule has 2 aromatic rings. The van der Waals surface area contributed by atoms with Crippen LogP contribution >= 0.6 is 23.2 Å². The van der Waals surface area contributed by atoms with Crippen LogP contribution in [0.2, 0.25) is 10.0 Å². The smallest absolute Gasteiger partial charge is 0.388 e. The largest absolute Gasteiger partial charge is 0.482 e. The van der Waals surface area contributed by atoms with E-state index in [1.807, 2.05) is 0 Å². The number of alkyl halides is 2. The summed E-state index contributed by atoms with van der Waals surface area (Å²) >= 11 is 11.9. The zero-order chi connectivity index (χ0) is 18.7. The number of likely N-dealkylation sites (N-methyl/N-ethyl adjacent to an activating group) is 1. The summed E-state index contributed by atoms with van der Waals surface area (Å²) in [5.41, 5.74) is -0.292. The fourth-order valence-electron chi connectivity index (χ4n) is 1.90. The number of aryl methyl sites for hydroxylation is 1. The maximum absolute atomic E-state index is 14.2. The monoisotopic (exact) mass is 397 g/mol. The van der Waals surface area contributed by atoms with Crippen LogP contribution in [0, 0.1) is 5.82 Å². The van der Waals surface area contributed by atoms with Crippen molar-refractivity contribution in [2.45, 2.75) is 6.61 Å². The molecule has 0 radical (unpaired) electrons. The van der Waals surface area contributed by atoms with Gasteiger partial charge < -0.3 is 14.8 Å². The molecule has 25 heavy (non-hydrogen) atoms. The first-order chi connectivity index (χ1) is 11.7. The van der Waals surface area contributed by atoms with E-state index in [1.165, 1.54) is 20.2 Å². The van der Waals surface area contributed by atoms with E-state index < -0.39 is 24.2 Å². The first-order valence-corrected chi connectivity index (χ1v) is 7.50. The highest BCUT2D eigenvalue weighted by molar-refractivity contribution is 6.34. The van der Waals surface area contributed by atoms with Crippen LogP contribution in [0.5, 0.6) is 11.6 Å². The van der Waals surface area contributed by atoms with E-state index >= 15 is 0 Å². The van der Waals surface area contributed by atoms with E-state index in [4.69, 9.17) is 27.9 Å². The molecule has 0 unspecified atom stereocenters. The molecule has 1 heterocycles. The average molecular weight is 398 g/mol. The summed E-state index contributed by atoms with van der Waals surface area (Å²) in [5.74, 6) is -1.65. The van der Waals surface area contributed by atoms with Crippen molar-refractivity contribution in [2.24, 2.45) is 7.05 Å². The average Bonchev–Trinajstić information content (AvgIpc) is 2.81. The standard InChI is InChI=1S/C14H12Cl2F3N3O3/c1-20-10(23)5-24-9-3-6(8(17)4-7(9)15)12-11(16)13(22(2)21-12)25-14(18)19/h3-4,14H,5H2,1-2H3,(H,20,23). The SMILES string of the molecule is CNC(=O)COc1cc(-c2nn(C)c(OC(F)F)c2Cl)c(F)cc1Cl. The van der Waals surface area contributed by atoms with E-state index in [1.54, 1.807) is 0 Å². The quantitative estimate of drug-likeness (QED) is 0.812. The van der Waals surface area contributed by atoms with Gasteiger partial charge in [-0.2, -0.15) is 13.9 Å². The molecule has 0 saturated carbocycles. The molecular weight excluding hydrogens is 386 g/mol. The third-order valence-corrected chi connectivity index (χ3v) is 3.69. The van der Waals surface area contributed by atoms with Gasteiger partial charge in [0.05, 0.1) is 5.02 Å². The Morgan fingerprint density at radius 1 is 1.40 bits per heavy atom. The van der Waals surface area contributed by atoms with Crippen molar-refractivity contribution >= 4 is 29.1 Å². The van der Waals surface area contributed by atoms with Gasteiger partial charge in [-0.25, -0.2) is 9.07 Å². The molecule has 0 bridgehead atoms. The minimum absolute atomic E-state index is 0.000264. The van der Waals surface area contributed by atoms with Crippen LogP contribution in [0.25, 0.3) is 11.3 Å². The highest BCUT2D eigenvalue weighted by Crippen LogP contribution is 2.39. The molecule has 1 N–H and O–H groups in total. The Morgan fingerprint density at radius 3 is 2.68 bits per heavy atom. The molecule has 0 fully saturated rings. The van der Waals surface area contributed by atoms with E-state index in [0.717, 1.165) is 10.7 Å². The minimum Gasteiger partial charge on any atom is -0.482 e. The lowest BCUT2D eigenvalue weighted by Gasteiger charge is -2.10. The van der Waals surface area contributed by atoms with Crippen LogP contribution in [0.15, 0.2) is 12.1 Å². The molecule has 0 aliphatic heterocycles.